The van der Waals surface area contributed by atoms with Gasteiger partial charge in [-0.1, -0.05) is 72.8 Å². The Labute approximate surface area is 165 Å². The largest absolute Gasteiger partial charge is 0.310 e. The number of hydrogen-bond donors (Lipinski definition) is 0. The number of rotatable bonds is 3. The van der Waals surface area contributed by atoms with E-state index in [9.17, 15) is 0 Å². The summed E-state index contributed by atoms with van der Waals surface area (Å²) in [6.07, 6.45) is 0. The van der Waals surface area contributed by atoms with Gasteiger partial charge in [0.25, 0.3) is 0 Å². The maximum atomic E-state index is 2.34. The molecule has 5 aromatic carbocycles. The van der Waals surface area contributed by atoms with E-state index < -0.39 is 0 Å². The third-order valence-corrected chi connectivity index (χ3v) is 5.24. The van der Waals surface area contributed by atoms with Crippen LogP contribution in [0, 0.1) is 6.92 Å². The summed E-state index contributed by atoms with van der Waals surface area (Å²) >= 11 is 0. The van der Waals surface area contributed by atoms with Gasteiger partial charge in [0.05, 0.1) is 0 Å². The van der Waals surface area contributed by atoms with Crippen LogP contribution >= 0.6 is 0 Å². The molecule has 0 fully saturated rings. The Bertz CT molecular complexity index is 1210. The summed E-state index contributed by atoms with van der Waals surface area (Å²) in [5, 5.41) is 5.01. The first kappa shape index (κ1) is 16.6. The predicted octanol–water partition coefficient (Wildman–Crippen LogP) is 7.77. The van der Waals surface area contributed by atoms with Crippen LogP contribution in [-0.2, 0) is 0 Å². The molecule has 134 valence electrons. The average molecular weight is 359 g/mol. The number of anilines is 3. The second-order valence-electron chi connectivity index (χ2n) is 7.24. The van der Waals surface area contributed by atoms with Crippen molar-refractivity contribution in [1.82, 2.24) is 0 Å². The molecule has 0 aromatic heterocycles. The highest BCUT2D eigenvalue weighted by Gasteiger charge is 2.13. The molecular weight excluding hydrogens is 338 g/mol. The van der Waals surface area contributed by atoms with E-state index in [-0.39, 0.29) is 0 Å². The zero-order valence-corrected chi connectivity index (χ0v) is 15.8. The Morgan fingerprint density at radius 1 is 0.429 bits per heavy atom. The van der Waals surface area contributed by atoms with Gasteiger partial charge in [-0.3, -0.25) is 0 Å². The van der Waals surface area contributed by atoms with E-state index in [0.717, 1.165) is 0 Å². The molecule has 0 saturated carbocycles. The molecule has 0 atom stereocenters. The van der Waals surface area contributed by atoms with Crippen LogP contribution in [0.25, 0.3) is 21.5 Å². The zero-order valence-electron chi connectivity index (χ0n) is 15.8. The molecule has 0 N–H and O–H groups in total. The minimum Gasteiger partial charge on any atom is -0.310 e. The van der Waals surface area contributed by atoms with E-state index in [1.165, 1.54) is 44.2 Å². The minimum atomic E-state index is 1.17. The van der Waals surface area contributed by atoms with Crippen molar-refractivity contribution in [3.63, 3.8) is 0 Å². The molecule has 0 bridgehead atoms. The monoisotopic (exact) mass is 359 g/mol. The number of benzene rings is 5. The fourth-order valence-corrected chi connectivity index (χ4v) is 3.85. The molecule has 0 aliphatic heterocycles. The third-order valence-electron chi connectivity index (χ3n) is 5.24. The number of nitrogens with zero attached hydrogens (tertiary/aromatic N) is 1. The number of aryl methyl sites for hydroxylation is 1. The first-order chi connectivity index (χ1) is 13.8. The van der Waals surface area contributed by atoms with E-state index in [4.69, 9.17) is 0 Å². The Hall–Kier alpha value is -3.58. The highest BCUT2D eigenvalue weighted by molar-refractivity contribution is 5.92. The second-order valence-corrected chi connectivity index (χ2v) is 7.24. The molecule has 0 spiro atoms. The molecule has 1 heteroatoms. The van der Waals surface area contributed by atoms with Gasteiger partial charge in [-0.15, -0.1) is 0 Å². The van der Waals surface area contributed by atoms with Crippen molar-refractivity contribution in [1.29, 1.82) is 0 Å². The quantitative estimate of drug-likeness (QED) is 0.318. The van der Waals surface area contributed by atoms with Gasteiger partial charge in [0.1, 0.15) is 0 Å². The summed E-state index contributed by atoms with van der Waals surface area (Å²) in [4.78, 5) is 2.34. The Balaban J connectivity index is 1.73. The molecule has 5 rings (SSSR count). The van der Waals surface area contributed by atoms with E-state index in [1.807, 2.05) is 0 Å². The maximum absolute atomic E-state index is 2.34. The van der Waals surface area contributed by atoms with Crippen LogP contribution in [0.3, 0.4) is 0 Å². The predicted molar refractivity (Wildman–Crippen MR) is 121 cm³/mol. The summed E-state index contributed by atoms with van der Waals surface area (Å²) in [5.41, 5.74) is 4.76. The van der Waals surface area contributed by atoms with Crippen molar-refractivity contribution >= 4 is 38.6 Å². The normalized spacial score (nSPS) is 11.0. The van der Waals surface area contributed by atoms with Gasteiger partial charge < -0.3 is 4.90 Å². The highest BCUT2D eigenvalue weighted by Crippen LogP contribution is 2.37. The van der Waals surface area contributed by atoms with E-state index in [0.29, 0.717) is 0 Å². The average Bonchev–Trinajstić information content (AvgIpc) is 2.74. The van der Waals surface area contributed by atoms with Crippen LogP contribution in [-0.4, -0.2) is 0 Å². The standard InChI is InChI=1S/C27H21N/c1-20-7-6-12-25(17-20)28(26-15-13-21-8-2-4-10-23(21)18-26)27-16-14-22-9-3-5-11-24(22)19-27/h2-19H,1H3. The molecule has 0 heterocycles. The van der Waals surface area contributed by atoms with Gasteiger partial charge in [0, 0.05) is 17.1 Å². The first-order valence-corrected chi connectivity index (χ1v) is 9.62. The minimum absolute atomic E-state index is 1.17. The topological polar surface area (TPSA) is 3.24 Å². The third kappa shape index (κ3) is 3.01. The molecule has 28 heavy (non-hydrogen) atoms. The summed E-state index contributed by atoms with van der Waals surface area (Å²) in [6, 6.07) is 39.1. The van der Waals surface area contributed by atoms with Gasteiger partial charge in [0.2, 0.25) is 0 Å². The van der Waals surface area contributed by atoms with E-state index in [1.54, 1.807) is 0 Å². The van der Waals surface area contributed by atoms with E-state index >= 15 is 0 Å². The van der Waals surface area contributed by atoms with Crippen LogP contribution in [0.1, 0.15) is 5.56 Å². The van der Waals surface area contributed by atoms with Gasteiger partial charge in [-0.05, 0) is 70.4 Å². The lowest BCUT2D eigenvalue weighted by Crippen LogP contribution is -2.10. The smallest absolute Gasteiger partial charge is 0.0468 e. The van der Waals surface area contributed by atoms with Crippen molar-refractivity contribution in [2.45, 2.75) is 6.92 Å². The van der Waals surface area contributed by atoms with Gasteiger partial charge in [-0.2, -0.15) is 0 Å². The maximum Gasteiger partial charge on any atom is 0.0468 e. The van der Waals surface area contributed by atoms with Gasteiger partial charge >= 0.3 is 0 Å². The first-order valence-electron chi connectivity index (χ1n) is 9.62. The molecule has 0 amide bonds. The van der Waals surface area contributed by atoms with Crippen molar-refractivity contribution in [3.8, 4) is 0 Å². The molecule has 1 nitrogen and oxygen atoms in total. The lowest BCUT2D eigenvalue weighted by Gasteiger charge is -2.26. The molecular formula is C27H21N. The van der Waals surface area contributed by atoms with Crippen LogP contribution in [0.4, 0.5) is 17.1 Å². The van der Waals surface area contributed by atoms with Gasteiger partial charge in [-0.25, -0.2) is 0 Å². The molecule has 0 aliphatic rings. The lowest BCUT2D eigenvalue weighted by atomic mass is 10.1. The van der Waals surface area contributed by atoms with Crippen molar-refractivity contribution in [2.75, 3.05) is 4.90 Å². The fourth-order valence-electron chi connectivity index (χ4n) is 3.85. The molecule has 0 saturated heterocycles. The van der Waals surface area contributed by atoms with E-state index in [2.05, 4.69) is 121 Å². The summed E-state index contributed by atoms with van der Waals surface area (Å²) in [7, 11) is 0. The SMILES string of the molecule is Cc1cccc(N(c2ccc3ccccc3c2)c2ccc3ccccc3c2)c1. The fraction of sp³-hybridized carbons (Fsp3) is 0.0370. The molecule has 0 radical (unpaired) electrons. The Morgan fingerprint density at radius 2 is 0.929 bits per heavy atom. The Kier molecular flexibility index (Phi) is 4.06. The summed E-state index contributed by atoms with van der Waals surface area (Å²) in [5.74, 6) is 0. The number of fused-ring (bicyclic) bond motifs is 2. The summed E-state index contributed by atoms with van der Waals surface area (Å²) < 4.78 is 0. The molecule has 0 aliphatic carbocycles. The highest BCUT2D eigenvalue weighted by atomic mass is 15.1. The Morgan fingerprint density at radius 3 is 1.46 bits per heavy atom. The lowest BCUT2D eigenvalue weighted by molar-refractivity contribution is 1.28. The van der Waals surface area contributed by atoms with Crippen molar-refractivity contribution in [2.24, 2.45) is 0 Å². The van der Waals surface area contributed by atoms with Crippen molar-refractivity contribution < 1.29 is 0 Å². The van der Waals surface area contributed by atoms with Gasteiger partial charge in [0.15, 0.2) is 0 Å². The van der Waals surface area contributed by atoms with Crippen LogP contribution in [0.5, 0.6) is 0 Å². The van der Waals surface area contributed by atoms with Crippen LogP contribution < -0.4 is 4.90 Å². The zero-order chi connectivity index (χ0) is 18.9. The number of hydrogen-bond acceptors (Lipinski definition) is 1. The van der Waals surface area contributed by atoms with Crippen LogP contribution in [0.15, 0.2) is 109 Å². The summed E-state index contributed by atoms with van der Waals surface area (Å²) in [6.45, 7) is 2.14. The van der Waals surface area contributed by atoms with Crippen LogP contribution in [0.2, 0.25) is 0 Å². The second kappa shape index (κ2) is 6.86. The molecule has 0 unspecified atom stereocenters. The van der Waals surface area contributed by atoms with Crippen molar-refractivity contribution in [3.05, 3.63) is 115 Å². The molecule has 5 aromatic rings.